The van der Waals surface area contributed by atoms with E-state index in [0.717, 1.165) is 11.8 Å². The van der Waals surface area contributed by atoms with Crippen LogP contribution >= 0.6 is 0 Å². The quantitative estimate of drug-likeness (QED) is 0.640. The van der Waals surface area contributed by atoms with E-state index in [9.17, 15) is 8.78 Å². The van der Waals surface area contributed by atoms with Crippen LogP contribution in [0.25, 0.3) is 0 Å². The summed E-state index contributed by atoms with van der Waals surface area (Å²) in [4.78, 5) is 0. The average molecular weight is 182 g/mol. The van der Waals surface area contributed by atoms with Gasteiger partial charge in [0.25, 0.3) is 0 Å². The number of allylic oxidation sites excluding steroid dienone is 1. The lowest BCUT2D eigenvalue weighted by molar-refractivity contribution is 0.508. The summed E-state index contributed by atoms with van der Waals surface area (Å²) < 4.78 is 30.2. The van der Waals surface area contributed by atoms with E-state index in [2.05, 4.69) is 0 Å². The van der Waals surface area contributed by atoms with Crippen LogP contribution in [-0.4, -0.2) is 6.61 Å². The van der Waals surface area contributed by atoms with Gasteiger partial charge >= 0.3 is 0 Å². The fourth-order valence-electron chi connectivity index (χ4n) is 1.12. The third-order valence-corrected chi connectivity index (χ3v) is 1.80. The molecule has 0 aromatic heterocycles. The number of halogens is 2. The molecule has 0 amide bonds. The van der Waals surface area contributed by atoms with Crippen molar-refractivity contribution in [2.45, 2.75) is 6.42 Å². The maximum absolute atomic E-state index is 12.7. The molecule has 2 rings (SSSR count). The fourth-order valence-corrected chi connectivity index (χ4v) is 1.12. The van der Waals surface area contributed by atoms with Crippen LogP contribution in [0.3, 0.4) is 0 Å². The molecule has 68 valence electrons. The van der Waals surface area contributed by atoms with Gasteiger partial charge in [0.2, 0.25) is 0 Å². The lowest BCUT2D eigenvalue weighted by atomic mass is 10.1. The molecule has 0 spiro atoms. The fraction of sp³-hybridized carbons (Fsp3) is 0.200. The molecule has 0 saturated carbocycles. The summed E-state index contributed by atoms with van der Waals surface area (Å²) in [6.45, 7) is 0.651. The van der Waals surface area contributed by atoms with Crippen molar-refractivity contribution in [1.82, 2.24) is 0 Å². The van der Waals surface area contributed by atoms with E-state index in [1.165, 1.54) is 12.1 Å². The maximum atomic E-state index is 12.7. The predicted octanol–water partition coefficient (Wildman–Crippen LogP) is 2.42. The number of hydrogen-bond donors (Lipinski definition) is 0. The summed E-state index contributed by atoms with van der Waals surface area (Å²) in [5.74, 6) is -0.181. The maximum Gasteiger partial charge on any atom is 0.145 e. The van der Waals surface area contributed by atoms with Gasteiger partial charge in [0.15, 0.2) is 0 Å². The minimum absolute atomic E-state index is 0.518. The van der Waals surface area contributed by atoms with Crippen LogP contribution < -0.4 is 0 Å². The van der Waals surface area contributed by atoms with Gasteiger partial charge in [-0.3, -0.25) is 0 Å². The summed E-state index contributed by atoms with van der Waals surface area (Å²) in [6, 6.07) is 3.51. The van der Waals surface area contributed by atoms with E-state index in [4.69, 9.17) is 4.74 Å². The largest absolute Gasteiger partial charge is 0.487 e. The second-order valence-electron chi connectivity index (χ2n) is 2.94. The molecule has 0 aliphatic carbocycles. The second-order valence-corrected chi connectivity index (χ2v) is 2.94. The molecule has 13 heavy (non-hydrogen) atoms. The molecule has 0 unspecified atom stereocenters. The van der Waals surface area contributed by atoms with Gasteiger partial charge in [-0.25, -0.2) is 8.78 Å². The molecule has 1 aromatic rings. The molecule has 1 nitrogen and oxygen atoms in total. The Morgan fingerprint density at radius 1 is 1.23 bits per heavy atom. The first-order valence-electron chi connectivity index (χ1n) is 4.01. The van der Waals surface area contributed by atoms with Crippen LogP contribution in [0.5, 0.6) is 0 Å². The van der Waals surface area contributed by atoms with Crippen molar-refractivity contribution < 1.29 is 13.5 Å². The Bertz CT molecular complexity index is 332. The van der Waals surface area contributed by atoms with Crippen molar-refractivity contribution in [1.29, 1.82) is 0 Å². The van der Waals surface area contributed by atoms with Crippen LogP contribution in [0.4, 0.5) is 8.78 Å². The first-order chi connectivity index (χ1) is 6.24. The zero-order chi connectivity index (χ0) is 9.26. The molecule has 1 saturated heterocycles. The van der Waals surface area contributed by atoms with Gasteiger partial charge < -0.3 is 4.74 Å². The lowest BCUT2D eigenvalue weighted by Crippen LogP contribution is -1.86. The first kappa shape index (κ1) is 8.23. The van der Waals surface area contributed by atoms with E-state index in [1.807, 2.05) is 6.08 Å². The van der Waals surface area contributed by atoms with Crippen molar-refractivity contribution in [2.75, 3.05) is 6.61 Å². The van der Waals surface area contributed by atoms with E-state index >= 15 is 0 Å². The molecule has 0 radical (unpaired) electrons. The van der Waals surface area contributed by atoms with Gasteiger partial charge in [-0.05, 0) is 30.2 Å². The van der Waals surface area contributed by atoms with Gasteiger partial charge in [-0.1, -0.05) is 0 Å². The Morgan fingerprint density at radius 3 is 2.38 bits per heavy atom. The Labute approximate surface area is 74.6 Å². The zero-order valence-electron chi connectivity index (χ0n) is 6.89. The highest BCUT2D eigenvalue weighted by atomic mass is 19.1. The number of ether oxygens (including phenoxy) is 1. The Hall–Kier alpha value is -1.38. The first-order valence-corrected chi connectivity index (χ1v) is 4.01. The number of benzene rings is 1. The van der Waals surface area contributed by atoms with Crippen molar-refractivity contribution in [3.8, 4) is 0 Å². The van der Waals surface area contributed by atoms with Crippen molar-refractivity contribution in [3.05, 3.63) is 47.2 Å². The van der Waals surface area contributed by atoms with Crippen LogP contribution in [-0.2, 0) is 11.2 Å². The van der Waals surface area contributed by atoms with Crippen molar-refractivity contribution >= 4 is 0 Å². The summed E-state index contributed by atoms with van der Waals surface area (Å²) >= 11 is 0. The third kappa shape index (κ3) is 2.28. The molecule has 1 aliphatic heterocycles. The van der Waals surface area contributed by atoms with Gasteiger partial charge in [0.1, 0.15) is 24.0 Å². The highest BCUT2D eigenvalue weighted by Gasteiger charge is 2.11. The molecule has 0 bridgehead atoms. The smallest absolute Gasteiger partial charge is 0.145 e. The predicted molar refractivity (Wildman–Crippen MR) is 44.1 cm³/mol. The molecule has 0 atom stereocenters. The molecule has 1 aliphatic rings. The number of epoxide rings is 1. The molecule has 1 fully saturated rings. The van der Waals surface area contributed by atoms with Crippen LogP contribution in [0, 0.1) is 11.6 Å². The summed E-state index contributed by atoms with van der Waals surface area (Å²) in [7, 11) is 0. The summed E-state index contributed by atoms with van der Waals surface area (Å²) in [5.41, 5.74) is 0.625. The number of hydrogen-bond acceptors (Lipinski definition) is 1. The zero-order valence-corrected chi connectivity index (χ0v) is 6.89. The molecule has 1 heterocycles. The monoisotopic (exact) mass is 182 g/mol. The molecule has 1 aromatic carbocycles. The Kier molecular flexibility index (Phi) is 2.00. The third-order valence-electron chi connectivity index (χ3n) is 1.80. The normalized spacial score (nSPS) is 17.2. The standard InChI is InChI=1S/C10H8F2O/c11-8-3-7(4-9(12)5-8)1-2-10-6-13-10/h2-5H,1,6H2/b10-2+. The minimum atomic E-state index is -0.537. The highest BCUT2D eigenvalue weighted by molar-refractivity contribution is 5.21. The molecular formula is C10H8F2O. The van der Waals surface area contributed by atoms with E-state index in [0.29, 0.717) is 18.6 Å². The average Bonchev–Trinajstić information content (AvgIpc) is 2.81. The SMILES string of the molecule is Fc1cc(F)cc(C/C=C2\CO2)c1. The minimum Gasteiger partial charge on any atom is -0.487 e. The van der Waals surface area contributed by atoms with Crippen LogP contribution in [0.15, 0.2) is 30.0 Å². The van der Waals surface area contributed by atoms with Gasteiger partial charge in [-0.2, -0.15) is 0 Å². The molecule has 3 heteroatoms. The van der Waals surface area contributed by atoms with E-state index in [1.54, 1.807) is 0 Å². The van der Waals surface area contributed by atoms with Gasteiger partial charge in [0.05, 0.1) is 0 Å². The van der Waals surface area contributed by atoms with Crippen molar-refractivity contribution in [2.24, 2.45) is 0 Å². The van der Waals surface area contributed by atoms with Gasteiger partial charge in [-0.15, -0.1) is 0 Å². The Morgan fingerprint density at radius 2 is 1.85 bits per heavy atom. The van der Waals surface area contributed by atoms with Crippen molar-refractivity contribution in [3.63, 3.8) is 0 Å². The summed E-state index contributed by atoms with van der Waals surface area (Å²) in [6.07, 6.45) is 2.35. The van der Waals surface area contributed by atoms with Crippen LogP contribution in [0.1, 0.15) is 5.56 Å². The number of rotatable bonds is 2. The molecule has 0 N–H and O–H groups in total. The van der Waals surface area contributed by atoms with Gasteiger partial charge in [0, 0.05) is 6.07 Å². The highest BCUT2D eigenvalue weighted by Crippen LogP contribution is 2.16. The summed E-state index contributed by atoms with van der Waals surface area (Å²) in [5, 5.41) is 0. The lowest BCUT2D eigenvalue weighted by Gasteiger charge is -1.96. The topological polar surface area (TPSA) is 12.5 Å². The Balaban J connectivity index is 2.14. The van der Waals surface area contributed by atoms with E-state index < -0.39 is 11.6 Å². The van der Waals surface area contributed by atoms with E-state index in [-0.39, 0.29) is 0 Å². The molecular weight excluding hydrogens is 174 g/mol. The van der Waals surface area contributed by atoms with Crippen LogP contribution in [0.2, 0.25) is 0 Å². The second kappa shape index (κ2) is 3.17.